The van der Waals surface area contributed by atoms with Crippen molar-refractivity contribution in [2.45, 2.75) is 62.3 Å². The van der Waals surface area contributed by atoms with Gasteiger partial charge in [-0.2, -0.15) is 0 Å². The summed E-state index contributed by atoms with van der Waals surface area (Å²) in [7, 11) is 0. The lowest BCUT2D eigenvalue weighted by molar-refractivity contribution is -0.206. The van der Waals surface area contributed by atoms with E-state index in [4.69, 9.17) is 18.3 Å². The van der Waals surface area contributed by atoms with Gasteiger partial charge in [0.25, 0.3) is 0 Å². The van der Waals surface area contributed by atoms with Crippen LogP contribution in [-0.2, 0) is 9.53 Å². The van der Waals surface area contributed by atoms with Crippen molar-refractivity contribution in [3.05, 3.63) is 40.9 Å². The highest BCUT2D eigenvalue weighted by atomic mass is 16.6. The Morgan fingerprint density at radius 3 is 2.44 bits per heavy atom. The van der Waals surface area contributed by atoms with Crippen molar-refractivity contribution in [1.29, 1.82) is 0 Å². The third kappa shape index (κ3) is 4.52. The third-order valence-corrected chi connectivity index (χ3v) is 5.96. The number of furan rings is 1. The Bertz CT molecular complexity index is 1240. The molecular formula is C23H26O11. The Morgan fingerprint density at radius 1 is 1.15 bits per heavy atom. The zero-order chi connectivity index (χ0) is 24.8. The van der Waals surface area contributed by atoms with Gasteiger partial charge in [-0.1, -0.05) is 0 Å². The van der Waals surface area contributed by atoms with E-state index in [2.05, 4.69) is 0 Å². The van der Waals surface area contributed by atoms with Gasteiger partial charge < -0.3 is 43.8 Å². The zero-order valence-electron chi connectivity index (χ0n) is 18.5. The van der Waals surface area contributed by atoms with Gasteiger partial charge in [0.05, 0.1) is 24.1 Å². The van der Waals surface area contributed by atoms with Crippen LogP contribution in [0.1, 0.15) is 26.7 Å². The zero-order valence-corrected chi connectivity index (χ0v) is 18.5. The van der Waals surface area contributed by atoms with E-state index in [0.29, 0.717) is 10.8 Å². The van der Waals surface area contributed by atoms with Gasteiger partial charge >= 0.3 is 11.6 Å². The van der Waals surface area contributed by atoms with E-state index < -0.39 is 66.7 Å². The normalized spacial score (nSPS) is 26.5. The molecule has 3 atom stereocenters. The van der Waals surface area contributed by atoms with Gasteiger partial charge in [-0.05, 0) is 32.0 Å². The molecule has 5 N–H and O–H groups in total. The smallest absolute Gasteiger partial charge is 0.338 e. The first kappa shape index (κ1) is 24.2. The standard InChI is InChI=1S/C23H26O11/c1-22(2,29)15(33-21(28)23(30)8-13(24)17(27)14(25)9-23)10-32-20-18-12(5-6-31-18)7-11-3-4-16(26)34-19(11)20/h3-7,13-15,17,24-25,27,29-30H,8-10H2,1-2H3. The van der Waals surface area contributed by atoms with Crippen molar-refractivity contribution < 1.29 is 48.6 Å². The molecular weight excluding hydrogens is 452 g/mol. The predicted molar refractivity (Wildman–Crippen MR) is 116 cm³/mol. The van der Waals surface area contributed by atoms with Gasteiger partial charge in [0.2, 0.25) is 5.75 Å². The van der Waals surface area contributed by atoms with Crippen molar-refractivity contribution in [2.24, 2.45) is 0 Å². The van der Waals surface area contributed by atoms with E-state index in [-0.39, 0.29) is 16.9 Å². The van der Waals surface area contributed by atoms with Crippen LogP contribution >= 0.6 is 0 Å². The number of rotatable bonds is 6. The number of hydrogen-bond acceptors (Lipinski definition) is 11. The van der Waals surface area contributed by atoms with Crippen molar-refractivity contribution in [3.63, 3.8) is 0 Å². The van der Waals surface area contributed by atoms with Gasteiger partial charge in [-0.15, -0.1) is 0 Å². The summed E-state index contributed by atoms with van der Waals surface area (Å²) in [5.41, 5.74) is -4.18. The van der Waals surface area contributed by atoms with Gasteiger partial charge in [-0.25, -0.2) is 9.59 Å². The average molecular weight is 478 g/mol. The highest BCUT2D eigenvalue weighted by Crippen LogP contribution is 2.36. The molecule has 3 aromatic rings. The SMILES string of the molecule is CC(C)(O)C(COc1c2occc2cc2ccc(=O)oc12)OC(=O)C1(O)CC(O)C(O)C(O)C1. The Balaban J connectivity index is 1.60. The van der Waals surface area contributed by atoms with Crippen LogP contribution in [-0.4, -0.2) is 73.7 Å². The van der Waals surface area contributed by atoms with Crippen molar-refractivity contribution in [1.82, 2.24) is 0 Å². The Kier molecular flexibility index (Phi) is 6.17. The monoisotopic (exact) mass is 478 g/mol. The van der Waals surface area contributed by atoms with Gasteiger partial charge in [0, 0.05) is 29.7 Å². The number of hydrogen-bond donors (Lipinski definition) is 5. The third-order valence-electron chi connectivity index (χ3n) is 5.96. The maximum Gasteiger partial charge on any atom is 0.338 e. The summed E-state index contributed by atoms with van der Waals surface area (Å²) >= 11 is 0. The number of carbonyl (C=O) groups excluding carboxylic acids is 1. The van der Waals surface area contributed by atoms with Crippen LogP contribution in [0.3, 0.4) is 0 Å². The molecule has 0 saturated heterocycles. The lowest BCUT2D eigenvalue weighted by Gasteiger charge is -2.40. The van der Waals surface area contributed by atoms with E-state index in [1.165, 1.54) is 26.2 Å². The Labute approximate surface area is 192 Å². The first-order valence-corrected chi connectivity index (χ1v) is 10.7. The second-order valence-electron chi connectivity index (χ2n) is 9.14. The fraction of sp³-hybridized carbons (Fsp3) is 0.478. The number of benzene rings is 1. The highest BCUT2D eigenvalue weighted by molar-refractivity contribution is 5.99. The number of esters is 1. The minimum Gasteiger partial charge on any atom is -0.482 e. The van der Waals surface area contributed by atoms with Crippen LogP contribution < -0.4 is 10.4 Å². The molecule has 1 aromatic carbocycles. The molecule has 0 radical (unpaired) electrons. The molecule has 0 aliphatic heterocycles. The quantitative estimate of drug-likeness (QED) is 0.241. The van der Waals surface area contributed by atoms with Crippen LogP contribution in [0.15, 0.2) is 44.2 Å². The molecule has 184 valence electrons. The summed E-state index contributed by atoms with van der Waals surface area (Å²) in [5.74, 6) is -1.15. The highest BCUT2D eigenvalue weighted by Gasteiger charge is 2.50. The minimum absolute atomic E-state index is 0.0610. The van der Waals surface area contributed by atoms with E-state index >= 15 is 0 Å². The molecule has 0 amide bonds. The number of carbonyl (C=O) groups is 1. The van der Waals surface area contributed by atoms with E-state index in [9.17, 15) is 35.1 Å². The molecule has 0 spiro atoms. The molecule has 1 aliphatic rings. The minimum atomic E-state index is -2.29. The van der Waals surface area contributed by atoms with Crippen molar-refractivity contribution in [2.75, 3.05) is 6.61 Å². The Morgan fingerprint density at radius 2 is 1.79 bits per heavy atom. The molecule has 2 heterocycles. The van der Waals surface area contributed by atoms with E-state index in [1.54, 1.807) is 18.2 Å². The molecule has 34 heavy (non-hydrogen) atoms. The second-order valence-corrected chi connectivity index (χ2v) is 9.14. The summed E-state index contributed by atoms with van der Waals surface area (Å²) in [5, 5.41) is 52.0. The number of fused-ring (bicyclic) bond motifs is 2. The summed E-state index contributed by atoms with van der Waals surface area (Å²) in [6.07, 6.45) is -5.66. The molecule has 4 rings (SSSR count). The van der Waals surface area contributed by atoms with Crippen LogP contribution in [0.25, 0.3) is 21.9 Å². The van der Waals surface area contributed by atoms with Crippen LogP contribution in [0, 0.1) is 0 Å². The first-order chi connectivity index (χ1) is 15.9. The number of aliphatic hydroxyl groups excluding tert-OH is 3. The fourth-order valence-corrected chi connectivity index (χ4v) is 3.96. The van der Waals surface area contributed by atoms with Gasteiger partial charge in [0.15, 0.2) is 22.9 Å². The lowest BCUT2D eigenvalue weighted by atomic mass is 9.79. The number of aliphatic hydroxyl groups is 5. The average Bonchev–Trinajstić information content (AvgIpc) is 3.21. The number of ether oxygens (including phenoxy) is 2. The maximum atomic E-state index is 12.8. The topological polar surface area (TPSA) is 180 Å². The fourth-order valence-electron chi connectivity index (χ4n) is 3.96. The van der Waals surface area contributed by atoms with E-state index in [1.807, 2.05) is 0 Å². The Hall–Kier alpha value is -2.96. The molecule has 2 aromatic heterocycles. The van der Waals surface area contributed by atoms with Crippen LogP contribution in [0.2, 0.25) is 0 Å². The molecule has 0 bridgehead atoms. The maximum absolute atomic E-state index is 12.8. The molecule has 3 unspecified atom stereocenters. The van der Waals surface area contributed by atoms with Crippen molar-refractivity contribution >= 4 is 27.9 Å². The molecule has 1 fully saturated rings. The summed E-state index contributed by atoms with van der Waals surface area (Å²) in [6, 6.07) is 6.23. The van der Waals surface area contributed by atoms with E-state index in [0.717, 1.165) is 0 Å². The molecule has 1 aliphatic carbocycles. The first-order valence-electron chi connectivity index (χ1n) is 10.7. The van der Waals surface area contributed by atoms with Gasteiger partial charge in [0.1, 0.15) is 12.7 Å². The van der Waals surface area contributed by atoms with Crippen LogP contribution in [0.4, 0.5) is 0 Å². The lowest BCUT2D eigenvalue weighted by Crippen LogP contribution is -2.58. The predicted octanol–water partition coefficient (Wildman–Crippen LogP) is 0.208. The van der Waals surface area contributed by atoms with Crippen molar-refractivity contribution in [3.8, 4) is 5.75 Å². The molecule has 1 saturated carbocycles. The second kappa shape index (κ2) is 8.67. The summed E-state index contributed by atoms with van der Waals surface area (Å²) in [6.45, 7) is 2.29. The van der Waals surface area contributed by atoms with Gasteiger partial charge in [-0.3, -0.25) is 0 Å². The summed E-state index contributed by atoms with van der Waals surface area (Å²) in [4.78, 5) is 24.6. The summed E-state index contributed by atoms with van der Waals surface area (Å²) < 4.78 is 21.9. The largest absolute Gasteiger partial charge is 0.482 e. The van der Waals surface area contributed by atoms with Crippen LogP contribution in [0.5, 0.6) is 5.75 Å². The molecule has 11 nitrogen and oxygen atoms in total. The molecule has 11 heteroatoms.